The molecule has 2 fully saturated rings. The highest BCUT2D eigenvalue weighted by atomic mass is 16.5. The molecule has 1 saturated heterocycles. The van der Waals surface area contributed by atoms with Gasteiger partial charge in [-0.25, -0.2) is 0 Å². The van der Waals surface area contributed by atoms with E-state index in [1.165, 1.54) is 25.7 Å². The Hall–Kier alpha value is -0.300. The van der Waals surface area contributed by atoms with Gasteiger partial charge in [-0.05, 0) is 30.6 Å². The molecule has 0 bridgehead atoms. The summed E-state index contributed by atoms with van der Waals surface area (Å²) in [6.07, 6.45) is 9.35. The van der Waals surface area contributed by atoms with Crippen LogP contribution < -0.4 is 0 Å². The van der Waals surface area contributed by atoms with Gasteiger partial charge in [-0.15, -0.1) is 6.58 Å². The van der Waals surface area contributed by atoms with Crippen molar-refractivity contribution < 1.29 is 4.74 Å². The second-order valence-electron chi connectivity index (χ2n) is 5.23. The van der Waals surface area contributed by atoms with Gasteiger partial charge in [0, 0.05) is 0 Å². The standard InChI is InChI=1S/C13H22O/c1-4-7-11-10(2)13(3)9-6-5-8-12(13)14-11/h4,10-12H,1,5-9H2,2-3H3/t10-,11+,12+,13+/m1/s1. The molecule has 14 heavy (non-hydrogen) atoms. The van der Waals surface area contributed by atoms with Crippen LogP contribution in [-0.4, -0.2) is 12.2 Å². The summed E-state index contributed by atoms with van der Waals surface area (Å²) in [5.74, 6) is 0.700. The molecule has 2 rings (SSSR count). The average molecular weight is 194 g/mol. The Kier molecular flexibility index (Phi) is 2.70. The Labute approximate surface area is 87.5 Å². The molecular formula is C13H22O. The molecule has 0 unspecified atom stereocenters. The number of fused-ring (bicyclic) bond motifs is 1. The Morgan fingerprint density at radius 2 is 2.29 bits per heavy atom. The smallest absolute Gasteiger partial charge is 0.0645 e. The Morgan fingerprint density at radius 3 is 2.93 bits per heavy atom. The third kappa shape index (κ3) is 1.42. The van der Waals surface area contributed by atoms with Gasteiger partial charge in [0.1, 0.15) is 0 Å². The van der Waals surface area contributed by atoms with Gasteiger partial charge in [0.05, 0.1) is 12.2 Å². The second kappa shape index (κ2) is 3.69. The molecule has 0 radical (unpaired) electrons. The van der Waals surface area contributed by atoms with Crippen LogP contribution in [0.1, 0.15) is 46.0 Å². The molecule has 1 aliphatic carbocycles. The minimum Gasteiger partial charge on any atom is -0.374 e. The predicted molar refractivity (Wildman–Crippen MR) is 59.2 cm³/mol. The molecule has 1 nitrogen and oxygen atoms in total. The van der Waals surface area contributed by atoms with E-state index in [4.69, 9.17) is 4.74 Å². The van der Waals surface area contributed by atoms with Crippen LogP contribution >= 0.6 is 0 Å². The van der Waals surface area contributed by atoms with Crippen molar-refractivity contribution in [3.63, 3.8) is 0 Å². The molecule has 0 amide bonds. The minimum absolute atomic E-state index is 0.431. The first kappa shape index (κ1) is 10.2. The highest BCUT2D eigenvalue weighted by Gasteiger charge is 2.50. The van der Waals surface area contributed by atoms with Gasteiger partial charge in [-0.2, -0.15) is 0 Å². The quantitative estimate of drug-likeness (QED) is 0.611. The molecule has 1 aliphatic heterocycles. The van der Waals surface area contributed by atoms with Crippen LogP contribution in [0.2, 0.25) is 0 Å². The molecule has 0 spiro atoms. The number of rotatable bonds is 2. The van der Waals surface area contributed by atoms with Gasteiger partial charge in [0.2, 0.25) is 0 Å². The highest BCUT2D eigenvalue weighted by Crippen LogP contribution is 2.51. The van der Waals surface area contributed by atoms with E-state index in [1.54, 1.807) is 0 Å². The van der Waals surface area contributed by atoms with Crippen LogP contribution in [-0.2, 0) is 4.74 Å². The van der Waals surface area contributed by atoms with Crippen LogP contribution in [0.25, 0.3) is 0 Å². The summed E-state index contributed by atoms with van der Waals surface area (Å²) in [7, 11) is 0. The minimum atomic E-state index is 0.431. The largest absolute Gasteiger partial charge is 0.374 e. The van der Waals surface area contributed by atoms with E-state index in [-0.39, 0.29) is 0 Å². The summed E-state index contributed by atoms with van der Waals surface area (Å²) >= 11 is 0. The van der Waals surface area contributed by atoms with Gasteiger partial charge in [0.15, 0.2) is 0 Å². The summed E-state index contributed by atoms with van der Waals surface area (Å²) in [6, 6.07) is 0. The maximum Gasteiger partial charge on any atom is 0.0645 e. The molecule has 0 aromatic heterocycles. The van der Waals surface area contributed by atoms with E-state index in [9.17, 15) is 0 Å². The Bertz CT molecular complexity index is 223. The lowest BCUT2D eigenvalue weighted by molar-refractivity contribution is -0.00451. The molecule has 0 aromatic rings. The lowest BCUT2D eigenvalue weighted by Crippen LogP contribution is -2.35. The first-order chi connectivity index (χ1) is 6.68. The van der Waals surface area contributed by atoms with Crippen molar-refractivity contribution in [1.29, 1.82) is 0 Å². The van der Waals surface area contributed by atoms with Crippen molar-refractivity contribution in [2.75, 3.05) is 0 Å². The number of hydrogen-bond donors (Lipinski definition) is 0. The first-order valence-corrected chi connectivity index (χ1v) is 5.95. The molecule has 0 aromatic carbocycles. The molecule has 4 atom stereocenters. The van der Waals surface area contributed by atoms with Crippen molar-refractivity contribution >= 4 is 0 Å². The maximum atomic E-state index is 6.15. The zero-order valence-electron chi connectivity index (χ0n) is 9.46. The van der Waals surface area contributed by atoms with Crippen molar-refractivity contribution in [3.05, 3.63) is 12.7 Å². The van der Waals surface area contributed by atoms with Gasteiger partial charge < -0.3 is 4.74 Å². The third-order valence-corrected chi connectivity index (χ3v) is 4.50. The molecule has 1 saturated carbocycles. The number of ether oxygens (including phenoxy) is 1. The zero-order valence-corrected chi connectivity index (χ0v) is 9.46. The maximum absolute atomic E-state index is 6.15. The van der Waals surface area contributed by atoms with Crippen LogP contribution in [0.15, 0.2) is 12.7 Å². The van der Waals surface area contributed by atoms with Crippen LogP contribution in [0, 0.1) is 11.3 Å². The van der Waals surface area contributed by atoms with E-state index in [1.807, 2.05) is 6.08 Å². The highest BCUT2D eigenvalue weighted by molar-refractivity contribution is 5.00. The molecule has 80 valence electrons. The fourth-order valence-corrected chi connectivity index (χ4v) is 3.25. The molecular weight excluding hydrogens is 172 g/mol. The van der Waals surface area contributed by atoms with E-state index >= 15 is 0 Å². The van der Waals surface area contributed by atoms with Gasteiger partial charge >= 0.3 is 0 Å². The van der Waals surface area contributed by atoms with Crippen LogP contribution in [0.4, 0.5) is 0 Å². The fraction of sp³-hybridized carbons (Fsp3) is 0.846. The second-order valence-corrected chi connectivity index (χ2v) is 5.23. The first-order valence-electron chi connectivity index (χ1n) is 5.95. The van der Waals surface area contributed by atoms with Gasteiger partial charge in [-0.3, -0.25) is 0 Å². The van der Waals surface area contributed by atoms with Gasteiger partial charge in [-0.1, -0.05) is 32.8 Å². The summed E-state index contributed by atoms with van der Waals surface area (Å²) < 4.78 is 6.15. The van der Waals surface area contributed by atoms with Crippen LogP contribution in [0.3, 0.4) is 0 Å². The number of hydrogen-bond acceptors (Lipinski definition) is 1. The van der Waals surface area contributed by atoms with Crippen molar-refractivity contribution in [1.82, 2.24) is 0 Å². The SMILES string of the molecule is C=CC[C@@H]1O[C@H]2CCCC[C@@]2(C)[C@@H]1C. The zero-order chi connectivity index (χ0) is 10.2. The van der Waals surface area contributed by atoms with E-state index < -0.39 is 0 Å². The van der Waals surface area contributed by atoms with Crippen LogP contribution in [0.5, 0.6) is 0 Å². The normalized spacial score (nSPS) is 47.4. The molecule has 1 heterocycles. The summed E-state index contributed by atoms with van der Waals surface area (Å²) in [5, 5.41) is 0. The van der Waals surface area contributed by atoms with Crippen molar-refractivity contribution in [2.24, 2.45) is 11.3 Å². The predicted octanol–water partition coefficient (Wildman–Crippen LogP) is 3.55. The molecule has 0 N–H and O–H groups in total. The third-order valence-electron chi connectivity index (χ3n) is 4.50. The summed E-state index contributed by atoms with van der Waals surface area (Å²) in [4.78, 5) is 0. The lowest BCUT2D eigenvalue weighted by Gasteiger charge is -2.37. The monoisotopic (exact) mass is 194 g/mol. The van der Waals surface area contributed by atoms with Crippen molar-refractivity contribution in [3.8, 4) is 0 Å². The fourth-order valence-electron chi connectivity index (χ4n) is 3.25. The topological polar surface area (TPSA) is 9.23 Å². The summed E-state index contributed by atoms with van der Waals surface area (Å²) in [5.41, 5.74) is 0.450. The summed E-state index contributed by atoms with van der Waals surface area (Å²) in [6.45, 7) is 8.60. The Morgan fingerprint density at radius 1 is 1.50 bits per heavy atom. The Balaban J connectivity index is 2.13. The molecule has 2 aliphatic rings. The lowest BCUT2D eigenvalue weighted by atomic mass is 9.66. The van der Waals surface area contributed by atoms with E-state index in [0.717, 1.165) is 6.42 Å². The van der Waals surface area contributed by atoms with E-state index in [0.29, 0.717) is 23.5 Å². The van der Waals surface area contributed by atoms with E-state index in [2.05, 4.69) is 20.4 Å². The molecule has 1 heteroatoms. The van der Waals surface area contributed by atoms with Crippen molar-refractivity contribution in [2.45, 2.75) is 58.2 Å². The average Bonchev–Trinajstić information content (AvgIpc) is 2.42. The van der Waals surface area contributed by atoms with Gasteiger partial charge in [0.25, 0.3) is 0 Å².